The molecule has 4 nitrogen and oxygen atoms in total. The molecule has 1 amide bonds. The first-order valence-corrected chi connectivity index (χ1v) is 11.3. The number of Topliss-reactive ketones (excluding diaryl/α,β-unsaturated/α-hetero) is 1. The topological polar surface area (TPSA) is 49.4 Å². The van der Waals surface area contributed by atoms with Crippen LogP contribution in [0.5, 0.6) is 0 Å². The molecular formula is C25H27ClN2O2. The molecule has 2 heterocycles. The molecule has 0 aromatic heterocycles. The fourth-order valence-electron chi connectivity index (χ4n) is 6.47. The molecular weight excluding hydrogens is 396 g/mol. The van der Waals surface area contributed by atoms with Crippen molar-refractivity contribution in [3.8, 4) is 0 Å². The van der Waals surface area contributed by atoms with Crippen LogP contribution in [0.1, 0.15) is 55.6 Å². The molecule has 1 saturated carbocycles. The van der Waals surface area contributed by atoms with Crippen molar-refractivity contribution in [2.24, 2.45) is 5.41 Å². The van der Waals surface area contributed by atoms with Crippen LogP contribution in [0.25, 0.3) is 0 Å². The van der Waals surface area contributed by atoms with Crippen molar-refractivity contribution in [2.45, 2.75) is 50.0 Å². The van der Waals surface area contributed by atoms with Gasteiger partial charge in [-0.3, -0.25) is 14.5 Å². The number of amides is 1. The molecule has 2 aromatic rings. The molecule has 3 atom stereocenters. The highest BCUT2D eigenvalue weighted by Gasteiger charge is 2.72. The third-order valence-corrected chi connectivity index (χ3v) is 7.91. The van der Waals surface area contributed by atoms with Crippen LogP contribution in [0.15, 0.2) is 48.5 Å². The van der Waals surface area contributed by atoms with E-state index >= 15 is 0 Å². The van der Waals surface area contributed by atoms with Gasteiger partial charge >= 0.3 is 0 Å². The van der Waals surface area contributed by atoms with Gasteiger partial charge in [-0.15, -0.1) is 0 Å². The van der Waals surface area contributed by atoms with E-state index in [4.69, 9.17) is 11.6 Å². The number of nitrogens with zero attached hydrogens (tertiary/aromatic N) is 1. The monoisotopic (exact) mass is 422 g/mol. The number of anilines is 1. The van der Waals surface area contributed by atoms with Gasteiger partial charge in [-0.25, -0.2) is 0 Å². The molecule has 2 spiro atoms. The lowest BCUT2D eigenvalue weighted by molar-refractivity contribution is -0.146. The van der Waals surface area contributed by atoms with Crippen LogP contribution < -0.4 is 5.32 Å². The first-order valence-electron chi connectivity index (χ1n) is 10.9. The zero-order valence-corrected chi connectivity index (χ0v) is 18.0. The molecule has 2 aliphatic heterocycles. The summed E-state index contributed by atoms with van der Waals surface area (Å²) in [6.45, 7) is 0.662. The predicted molar refractivity (Wildman–Crippen MR) is 119 cm³/mol. The second-order valence-corrected chi connectivity index (χ2v) is 9.44. The van der Waals surface area contributed by atoms with Crippen molar-refractivity contribution in [2.75, 3.05) is 18.9 Å². The molecule has 2 aromatic carbocycles. The maximum Gasteiger partial charge on any atom is 0.250 e. The van der Waals surface area contributed by atoms with Crippen LogP contribution >= 0.6 is 11.6 Å². The molecule has 3 aliphatic rings. The van der Waals surface area contributed by atoms with E-state index in [1.807, 2.05) is 55.6 Å². The number of likely N-dealkylation sites (tertiary alicyclic amines) is 1. The third-order valence-electron chi connectivity index (χ3n) is 7.66. The van der Waals surface area contributed by atoms with Crippen molar-refractivity contribution in [3.63, 3.8) is 0 Å². The Morgan fingerprint density at radius 3 is 2.53 bits per heavy atom. The molecule has 5 rings (SSSR count). The second kappa shape index (κ2) is 7.21. The number of halogens is 1. The zero-order valence-electron chi connectivity index (χ0n) is 17.3. The molecule has 2 fully saturated rings. The van der Waals surface area contributed by atoms with Crippen LogP contribution in [0.2, 0.25) is 5.02 Å². The number of fused-ring (bicyclic) bond motifs is 3. The largest absolute Gasteiger partial charge is 0.324 e. The van der Waals surface area contributed by atoms with E-state index in [0.717, 1.165) is 48.9 Å². The van der Waals surface area contributed by atoms with Crippen molar-refractivity contribution in [3.05, 3.63) is 64.7 Å². The Morgan fingerprint density at radius 2 is 1.73 bits per heavy atom. The van der Waals surface area contributed by atoms with Gasteiger partial charge in [0.2, 0.25) is 0 Å². The van der Waals surface area contributed by atoms with Crippen molar-refractivity contribution < 1.29 is 9.59 Å². The Morgan fingerprint density at radius 1 is 1.00 bits per heavy atom. The fraction of sp³-hybridized carbons (Fsp3) is 0.440. The van der Waals surface area contributed by atoms with Gasteiger partial charge in [0.25, 0.3) is 5.91 Å². The van der Waals surface area contributed by atoms with Gasteiger partial charge in [-0.1, -0.05) is 61.2 Å². The molecule has 1 saturated heterocycles. The Hall–Kier alpha value is -2.17. The maximum atomic E-state index is 14.1. The van der Waals surface area contributed by atoms with E-state index in [9.17, 15) is 9.59 Å². The summed E-state index contributed by atoms with van der Waals surface area (Å²) in [5.74, 6) is 0.122. The Kier molecular flexibility index (Phi) is 4.75. The van der Waals surface area contributed by atoms with E-state index in [0.29, 0.717) is 18.0 Å². The highest BCUT2D eigenvalue weighted by molar-refractivity contribution is 6.30. The average Bonchev–Trinajstić information content (AvgIpc) is 3.18. The maximum absolute atomic E-state index is 14.1. The fourth-order valence-corrected chi connectivity index (χ4v) is 6.59. The van der Waals surface area contributed by atoms with Crippen LogP contribution in [-0.4, -0.2) is 30.2 Å². The lowest BCUT2D eigenvalue weighted by Crippen LogP contribution is -2.59. The average molecular weight is 423 g/mol. The second-order valence-electron chi connectivity index (χ2n) is 9.00. The van der Waals surface area contributed by atoms with E-state index < -0.39 is 11.0 Å². The SMILES string of the molecule is CN1C[C@H](c2ccc(Cl)cc2)[C@]2(CCCCCCC2=O)[C@]12C(=O)Nc1ccccc12. The molecule has 1 aliphatic carbocycles. The highest BCUT2D eigenvalue weighted by Crippen LogP contribution is 2.65. The van der Waals surface area contributed by atoms with Gasteiger partial charge in [0.05, 0.1) is 5.41 Å². The number of carbonyl (C=O) groups is 2. The van der Waals surface area contributed by atoms with Gasteiger partial charge in [-0.05, 0) is 43.7 Å². The Bertz CT molecular complexity index is 1000. The minimum atomic E-state index is -0.970. The summed E-state index contributed by atoms with van der Waals surface area (Å²) in [6, 6.07) is 15.8. The van der Waals surface area contributed by atoms with Crippen molar-refractivity contribution >= 4 is 29.0 Å². The summed E-state index contributed by atoms with van der Waals surface area (Å²) in [5.41, 5.74) is 1.12. The molecule has 1 N–H and O–H groups in total. The Labute approximate surface area is 182 Å². The zero-order chi connectivity index (χ0) is 20.9. The molecule has 0 radical (unpaired) electrons. The van der Waals surface area contributed by atoms with E-state index in [1.165, 1.54) is 0 Å². The van der Waals surface area contributed by atoms with Gasteiger partial charge < -0.3 is 5.32 Å². The minimum absolute atomic E-state index is 0.0535. The van der Waals surface area contributed by atoms with Gasteiger partial charge in [0.1, 0.15) is 11.3 Å². The number of carbonyl (C=O) groups excluding carboxylic acids is 2. The number of hydrogen-bond acceptors (Lipinski definition) is 3. The quantitative estimate of drug-likeness (QED) is 0.693. The number of hydrogen-bond donors (Lipinski definition) is 1. The van der Waals surface area contributed by atoms with Crippen LogP contribution in [0.3, 0.4) is 0 Å². The smallest absolute Gasteiger partial charge is 0.250 e. The summed E-state index contributed by atoms with van der Waals surface area (Å²) < 4.78 is 0. The Balaban J connectivity index is 1.79. The van der Waals surface area contributed by atoms with Crippen LogP contribution in [-0.2, 0) is 15.1 Å². The third kappa shape index (κ3) is 2.50. The summed E-state index contributed by atoms with van der Waals surface area (Å²) in [7, 11) is 2.01. The number of ketones is 1. The van der Waals surface area contributed by atoms with Gasteiger partial charge in [0.15, 0.2) is 0 Å². The summed E-state index contributed by atoms with van der Waals surface area (Å²) in [5, 5.41) is 3.80. The van der Waals surface area contributed by atoms with Crippen LogP contribution in [0, 0.1) is 5.41 Å². The van der Waals surface area contributed by atoms with Crippen molar-refractivity contribution in [1.29, 1.82) is 0 Å². The number of likely N-dealkylation sites (N-methyl/N-ethyl adjacent to an activating group) is 1. The summed E-state index contributed by atoms with van der Waals surface area (Å²) in [4.78, 5) is 30.0. The number of rotatable bonds is 1. The molecule has 156 valence electrons. The molecule has 30 heavy (non-hydrogen) atoms. The highest BCUT2D eigenvalue weighted by atomic mass is 35.5. The number of benzene rings is 2. The lowest BCUT2D eigenvalue weighted by Gasteiger charge is -2.47. The van der Waals surface area contributed by atoms with E-state index in [-0.39, 0.29) is 17.6 Å². The van der Waals surface area contributed by atoms with Gasteiger partial charge in [-0.2, -0.15) is 0 Å². The first-order chi connectivity index (χ1) is 14.5. The summed E-state index contributed by atoms with van der Waals surface area (Å²) in [6.07, 6.45) is 5.31. The predicted octanol–water partition coefficient (Wildman–Crippen LogP) is 5.13. The van der Waals surface area contributed by atoms with E-state index in [2.05, 4.69) is 10.2 Å². The molecule has 0 bridgehead atoms. The normalized spacial score (nSPS) is 31.6. The minimum Gasteiger partial charge on any atom is -0.324 e. The molecule has 5 heteroatoms. The number of nitrogens with one attached hydrogen (secondary N) is 1. The van der Waals surface area contributed by atoms with Crippen molar-refractivity contribution in [1.82, 2.24) is 4.90 Å². The summed E-state index contributed by atoms with van der Waals surface area (Å²) >= 11 is 6.17. The van der Waals surface area contributed by atoms with Gasteiger partial charge in [0, 0.05) is 35.2 Å². The van der Waals surface area contributed by atoms with E-state index in [1.54, 1.807) is 0 Å². The van der Waals surface area contributed by atoms with Crippen LogP contribution in [0.4, 0.5) is 5.69 Å². The number of para-hydroxylation sites is 1. The molecule has 0 unspecified atom stereocenters. The lowest BCUT2D eigenvalue weighted by atomic mass is 9.55. The standard InChI is InChI=1S/C25H27ClN2O2/c1-28-16-20(17-11-13-18(26)14-12-17)24(15-7-3-2-4-10-22(24)29)25(28)19-8-5-6-9-21(19)27-23(25)30/h5-6,8-9,11-14,20H,2-4,7,10,15-16H2,1H3,(H,27,30)/t20-,24+,25+/m1/s1. The first kappa shape index (κ1) is 19.8.